The number of nitrogens with zero attached hydrogens (tertiary/aromatic N) is 1. The summed E-state index contributed by atoms with van der Waals surface area (Å²) < 4.78 is 16.3. The fraction of sp³-hybridized carbons (Fsp3) is 0.263. The van der Waals surface area contributed by atoms with Crippen molar-refractivity contribution >= 4 is 12.1 Å². The summed E-state index contributed by atoms with van der Waals surface area (Å²) in [6.07, 6.45) is 0.00605. The van der Waals surface area contributed by atoms with E-state index in [0.29, 0.717) is 6.61 Å². The van der Waals surface area contributed by atoms with Gasteiger partial charge in [-0.2, -0.15) is 0 Å². The maximum atomic E-state index is 11.6. The molecule has 0 radical (unpaired) electrons. The van der Waals surface area contributed by atoms with Crippen LogP contribution in [0.2, 0.25) is 0 Å². The number of aliphatic imine (C=N–C) groups is 1. The Bertz CT molecular complexity index is 700. The minimum atomic E-state index is -0.356. The van der Waals surface area contributed by atoms with E-state index >= 15 is 0 Å². The van der Waals surface area contributed by atoms with E-state index in [9.17, 15) is 4.79 Å². The Hall–Kier alpha value is -2.82. The van der Waals surface area contributed by atoms with Gasteiger partial charge in [-0.3, -0.25) is 4.79 Å². The Morgan fingerprint density at radius 1 is 1.08 bits per heavy atom. The van der Waals surface area contributed by atoms with Crippen LogP contribution in [-0.2, 0) is 25.6 Å². The molecule has 2 atom stereocenters. The second-order valence-corrected chi connectivity index (χ2v) is 5.47. The van der Waals surface area contributed by atoms with Crippen LogP contribution >= 0.6 is 0 Å². The van der Waals surface area contributed by atoms with E-state index in [1.807, 2.05) is 60.7 Å². The molecule has 0 aliphatic carbocycles. The van der Waals surface area contributed by atoms with Crippen LogP contribution in [0.4, 0.5) is 0 Å². The lowest BCUT2D eigenvalue weighted by molar-refractivity contribution is -0.141. The Morgan fingerprint density at radius 2 is 1.75 bits per heavy atom. The van der Waals surface area contributed by atoms with Crippen LogP contribution < -0.4 is 0 Å². The van der Waals surface area contributed by atoms with E-state index in [4.69, 9.17) is 14.2 Å². The number of esters is 1. The molecule has 3 rings (SSSR count). The topological polar surface area (TPSA) is 57.1 Å². The van der Waals surface area contributed by atoms with Crippen LogP contribution in [0.25, 0.3) is 0 Å². The molecule has 0 saturated carbocycles. The lowest BCUT2D eigenvalue weighted by atomic mass is 10.0. The first-order valence-electron chi connectivity index (χ1n) is 7.79. The van der Waals surface area contributed by atoms with Crippen LogP contribution in [0.1, 0.15) is 23.7 Å². The van der Waals surface area contributed by atoms with Gasteiger partial charge in [-0.1, -0.05) is 60.7 Å². The molecule has 0 amide bonds. The molecule has 2 aromatic rings. The molecule has 0 spiro atoms. The van der Waals surface area contributed by atoms with Gasteiger partial charge in [0.1, 0.15) is 12.6 Å². The van der Waals surface area contributed by atoms with Crippen molar-refractivity contribution in [2.24, 2.45) is 4.99 Å². The molecule has 0 bridgehead atoms. The molecule has 24 heavy (non-hydrogen) atoms. The predicted molar refractivity (Wildman–Crippen MR) is 89.4 cm³/mol. The third-order valence-corrected chi connectivity index (χ3v) is 3.79. The second kappa shape index (κ2) is 7.64. The first-order valence-corrected chi connectivity index (χ1v) is 7.79. The van der Waals surface area contributed by atoms with Crippen LogP contribution in [-0.4, -0.2) is 25.2 Å². The zero-order valence-corrected chi connectivity index (χ0v) is 13.4. The van der Waals surface area contributed by atoms with Gasteiger partial charge in [0.25, 0.3) is 0 Å². The Labute approximate surface area is 140 Å². The van der Waals surface area contributed by atoms with Gasteiger partial charge >= 0.3 is 12.1 Å². The Balaban J connectivity index is 1.71. The van der Waals surface area contributed by atoms with E-state index in [-0.39, 0.29) is 30.6 Å². The van der Waals surface area contributed by atoms with Crippen molar-refractivity contribution in [1.29, 1.82) is 0 Å². The summed E-state index contributed by atoms with van der Waals surface area (Å²) in [5.41, 5.74) is 1.98. The van der Waals surface area contributed by atoms with Crippen molar-refractivity contribution in [2.45, 2.75) is 25.2 Å². The number of rotatable bonds is 5. The second-order valence-electron chi connectivity index (χ2n) is 5.47. The maximum Gasteiger partial charge on any atom is 0.384 e. The molecule has 2 aromatic carbocycles. The highest BCUT2D eigenvalue weighted by Crippen LogP contribution is 2.31. The van der Waals surface area contributed by atoms with Gasteiger partial charge < -0.3 is 14.2 Å². The van der Waals surface area contributed by atoms with E-state index in [2.05, 4.69) is 4.99 Å². The number of carbonyl (C=O) groups excluding carboxylic acids is 1. The fourth-order valence-corrected chi connectivity index (χ4v) is 2.55. The molecule has 124 valence electrons. The quantitative estimate of drug-likeness (QED) is 0.792. The number of hydrogen-bond acceptors (Lipinski definition) is 5. The van der Waals surface area contributed by atoms with Gasteiger partial charge in [0, 0.05) is 0 Å². The zero-order chi connectivity index (χ0) is 16.8. The van der Waals surface area contributed by atoms with Crippen molar-refractivity contribution in [1.82, 2.24) is 0 Å². The standard InChI is InChI=1S/C19H19NO4/c1-22-17(21)12-16-18(15-10-6-3-7-11-15)24-19(20-16)23-13-14-8-4-2-5-9-14/h2-11,16,18H,12-13H2,1H3/t16-,18+/m0/s1. The van der Waals surface area contributed by atoms with Crippen molar-refractivity contribution in [3.05, 3.63) is 71.8 Å². The molecular formula is C19H19NO4. The van der Waals surface area contributed by atoms with Gasteiger partial charge in [0.2, 0.25) is 0 Å². The molecule has 0 aromatic heterocycles. The predicted octanol–water partition coefficient (Wildman–Crippen LogP) is 3.26. The molecule has 0 unspecified atom stereocenters. The summed E-state index contributed by atoms with van der Waals surface area (Å²) in [4.78, 5) is 16.1. The van der Waals surface area contributed by atoms with Crippen molar-refractivity contribution in [2.75, 3.05) is 7.11 Å². The number of benzene rings is 2. The summed E-state index contributed by atoms with van der Waals surface area (Å²) in [5.74, 6) is -0.322. The van der Waals surface area contributed by atoms with E-state index in [1.165, 1.54) is 7.11 Å². The minimum absolute atomic E-state index is 0.147. The smallest absolute Gasteiger partial charge is 0.384 e. The summed E-state index contributed by atoms with van der Waals surface area (Å²) >= 11 is 0. The first-order chi connectivity index (χ1) is 11.8. The average molecular weight is 325 g/mol. The normalized spacial score (nSPS) is 19.3. The monoisotopic (exact) mass is 325 g/mol. The Kier molecular flexibility index (Phi) is 5.11. The van der Waals surface area contributed by atoms with Gasteiger partial charge in [-0.25, -0.2) is 4.99 Å². The number of hydrogen-bond donors (Lipinski definition) is 0. The maximum absolute atomic E-state index is 11.6. The van der Waals surface area contributed by atoms with Crippen LogP contribution in [0.5, 0.6) is 0 Å². The largest absolute Gasteiger partial charge is 0.469 e. The van der Waals surface area contributed by atoms with Crippen molar-refractivity contribution < 1.29 is 19.0 Å². The molecule has 1 aliphatic rings. The number of carbonyl (C=O) groups is 1. The third kappa shape index (κ3) is 3.93. The summed E-state index contributed by atoms with van der Waals surface area (Å²) in [6.45, 7) is 0.367. The average Bonchev–Trinajstić information content (AvgIpc) is 3.04. The molecule has 5 nitrogen and oxygen atoms in total. The molecule has 1 aliphatic heterocycles. The molecule has 0 fully saturated rings. The SMILES string of the molecule is COC(=O)C[C@@H]1N=C(OCc2ccccc2)O[C@@H]1c1ccccc1. The highest BCUT2D eigenvalue weighted by Gasteiger charge is 2.35. The molecule has 0 N–H and O–H groups in total. The van der Waals surface area contributed by atoms with E-state index in [0.717, 1.165) is 11.1 Å². The molecule has 5 heteroatoms. The molecule has 0 saturated heterocycles. The van der Waals surface area contributed by atoms with Gasteiger partial charge in [-0.15, -0.1) is 0 Å². The lowest BCUT2D eigenvalue weighted by Crippen LogP contribution is -2.19. The Morgan fingerprint density at radius 3 is 2.42 bits per heavy atom. The van der Waals surface area contributed by atoms with E-state index in [1.54, 1.807) is 0 Å². The minimum Gasteiger partial charge on any atom is -0.469 e. The van der Waals surface area contributed by atoms with Gasteiger partial charge in [0.15, 0.2) is 6.10 Å². The van der Waals surface area contributed by atoms with Crippen molar-refractivity contribution in [3.63, 3.8) is 0 Å². The number of ether oxygens (including phenoxy) is 3. The molecular weight excluding hydrogens is 306 g/mol. The summed E-state index contributed by atoms with van der Waals surface area (Å²) in [5, 5.41) is 0. The fourth-order valence-electron chi connectivity index (χ4n) is 2.55. The highest BCUT2D eigenvalue weighted by molar-refractivity contribution is 5.74. The van der Waals surface area contributed by atoms with Gasteiger partial charge in [0.05, 0.1) is 13.5 Å². The van der Waals surface area contributed by atoms with E-state index < -0.39 is 0 Å². The van der Waals surface area contributed by atoms with Gasteiger partial charge in [-0.05, 0) is 11.1 Å². The lowest BCUT2D eigenvalue weighted by Gasteiger charge is -2.16. The third-order valence-electron chi connectivity index (χ3n) is 3.79. The number of methoxy groups -OCH3 is 1. The zero-order valence-electron chi connectivity index (χ0n) is 13.4. The highest BCUT2D eigenvalue weighted by atomic mass is 16.7. The van der Waals surface area contributed by atoms with Crippen molar-refractivity contribution in [3.8, 4) is 0 Å². The summed E-state index contributed by atoms with van der Waals surface area (Å²) in [7, 11) is 1.37. The van der Waals surface area contributed by atoms with Crippen LogP contribution in [0.15, 0.2) is 65.7 Å². The summed E-state index contributed by atoms with van der Waals surface area (Å²) in [6, 6.07) is 19.1. The first kappa shape index (κ1) is 16.1. The molecule has 1 heterocycles. The van der Waals surface area contributed by atoms with Crippen LogP contribution in [0.3, 0.4) is 0 Å². The van der Waals surface area contributed by atoms with Crippen LogP contribution in [0, 0.1) is 0 Å².